The highest BCUT2D eigenvalue weighted by Crippen LogP contribution is 2.31. The Morgan fingerprint density at radius 3 is 2.56 bits per heavy atom. The molecule has 0 aliphatic rings. The van der Waals surface area contributed by atoms with Crippen molar-refractivity contribution >= 4 is 38.9 Å². The van der Waals surface area contributed by atoms with Crippen LogP contribution in [0.5, 0.6) is 0 Å². The molecule has 1 heterocycles. The number of hydrogen-bond donors (Lipinski definition) is 1. The van der Waals surface area contributed by atoms with Gasteiger partial charge in [-0.3, -0.25) is 0 Å². The molecule has 0 aliphatic heterocycles. The topological polar surface area (TPSA) is 35.8 Å². The van der Waals surface area contributed by atoms with Gasteiger partial charge in [-0.2, -0.15) is 5.26 Å². The van der Waals surface area contributed by atoms with Crippen molar-refractivity contribution in [1.29, 1.82) is 5.26 Å². The molecule has 2 rings (SSSR count). The minimum absolute atomic E-state index is 0.688. The van der Waals surface area contributed by atoms with Gasteiger partial charge in [0.2, 0.25) is 0 Å². The van der Waals surface area contributed by atoms with Crippen LogP contribution in [-0.4, -0.2) is 0 Å². The zero-order valence-electron chi connectivity index (χ0n) is 9.41. The van der Waals surface area contributed by atoms with Crippen molar-refractivity contribution in [3.05, 3.63) is 55.1 Å². The Kier molecular flexibility index (Phi) is 4.79. The molecule has 0 atom stereocenters. The number of halogens is 2. The fourth-order valence-corrected chi connectivity index (χ4v) is 3.27. The number of benzene rings is 1. The van der Waals surface area contributed by atoms with Crippen molar-refractivity contribution in [3.8, 4) is 6.07 Å². The second kappa shape index (κ2) is 6.35. The van der Waals surface area contributed by atoms with E-state index in [1.165, 1.54) is 4.88 Å². The van der Waals surface area contributed by atoms with Crippen molar-refractivity contribution in [1.82, 2.24) is 5.32 Å². The minimum Gasteiger partial charge on any atom is -0.308 e. The average Bonchev–Trinajstić information content (AvgIpc) is 2.69. The molecule has 0 amide bonds. The van der Waals surface area contributed by atoms with Crippen molar-refractivity contribution in [3.63, 3.8) is 0 Å². The largest absolute Gasteiger partial charge is 0.308 e. The zero-order valence-corrected chi connectivity index (χ0v) is 12.6. The van der Waals surface area contributed by atoms with Crippen LogP contribution in [-0.2, 0) is 13.1 Å². The Labute approximate surface area is 123 Å². The fourth-order valence-electron chi connectivity index (χ4n) is 1.51. The average molecular weight is 342 g/mol. The summed E-state index contributed by atoms with van der Waals surface area (Å²) in [5, 5.41) is 12.0. The fraction of sp³-hybridized carbons (Fsp3) is 0.154. The number of nitriles is 1. The molecule has 0 bridgehead atoms. The van der Waals surface area contributed by atoms with Crippen molar-refractivity contribution in [2.45, 2.75) is 13.1 Å². The molecule has 1 aromatic carbocycles. The van der Waals surface area contributed by atoms with E-state index in [4.69, 9.17) is 16.9 Å². The maximum atomic E-state index is 8.70. The highest BCUT2D eigenvalue weighted by molar-refractivity contribution is 9.10. The van der Waals surface area contributed by atoms with Gasteiger partial charge in [0.1, 0.15) is 4.34 Å². The molecule has 0 aliphatic carbocycles. The van der Waals surface area contributed by atoms with E-state index in [0.29, 0.717) is 5.56 Å². The maximum Gasteiger partial charge on any atom is 0.107 e. The third-order valence-electron chi connectivity index (χ3n) is 2.41. The molecule has 5 heteroatoms. The molecule has 0 unspecified atom stereocenters. The van der Waals surface area contributed by atoms with Gasteiger partial charge in [0.05, 0.1) is 11.6 Å². The van der Waals surface area contributed by atoms with E-state index in [9.17, 15) is 0 Å². The van der Waals surface area contributed by atoms with E-state index < -0.39 is 0 Å². The van der Waals surface area contributed by atoms with E-state index in [-0.39, 0.29) is 0 Å². The van der Waals surface area contributed by atoms with Crippen LogP contribution in [0, 0.1) is 11.3 Å². The molecule has 2 nitrogen and oxygen atoms in total. The standard InChI is InChI=1S/C13H10BrClN2S/c14-12-5-11(18-13(12)15)8-17-7-10-3-1-9(6-16)2-4-10/h1-5,17H,7-8H2. The third-order valence-corrected chi connectivity index (χ3v) is 4.88. The molecule has 18 heavy (non-hydrogen) atoms. The molecule has 0 radical (unpaired) electrons. The summed E-state index contributed by atoms with van der Waals surface area (Å²) in [4.78, 5) is 1.19. The van der Waals surface area contributed by atoms with Crippen LogP contribution in [0.3, 0.4) is 0 Å². The molecule has 0 saturated carbocycles. The predicted molar refractivity (Wildman–Crippen MR) is 78.7 cm³/mol. The van der Waals surface area contributed by atoms with Gasteiger partial charge in [-0.25, -0.2) is 0 Å². The first-order chi connectivity index (χ1) is 8.69. The lowest BCUT2D eigenvalue weighted by atomic mass is 10.1. The summed E-state index contributed by atoms with van der Waals surface area (Å²) in [6.45, 7) is 1.56. The van der Waals surface area contributed by atoms with Gasteiger partial charge in [0.15, 0.2) is 0 Å². The van der Waals surface area contributed by atoms with Crippen LogP contribution in [0.4, 0.5) is 0 Å². The summed E-state index contributed by atoms with van der Waals surface area (Å²) in [5.74, 6) is 0. The highest BCUT2D eigenvalue weighted by atomic mass is 79.9. The van der Waals surface area contributed by atoms with Crippen LogP contribution in [0.1, 0.15) is 16.0 Å². The van der Waals surface area contributed by atoms with E-state index in [0.717, 1.165) is 27.5 Å². The molecule has 1 N–H and O–H groups in total. The van der Waals surface area contributed by atoms with Crippen molar-refractivity contribution in [2.24, 2.45) is 0 Å². The van der Waals surface area contributed by atoms with Gasteiger partial charge < -0.3 is 5.32 Å². The van der Waals surface area contributed by atoms with Crippen molar-refractivity contribution < 1.29 is 0 Å². The van der Waals surface area contributed by atoms with E-state index in [1.807, 2.05) is 30.3 Å². The monoisotopic (exact) mass is 340 g/mol. The Morgan fingerprint density at radius 1 is 1.28 bits per heavy atom. The van der Waals surface area contributed by atoms with Crippen LogP contribution in [0.25, 0.3) is 0 Å². The summed E-state index contributed by atoms with van der Waals surface area (Å²) in [6, 6.07) is 11.7. The first-order valence-corrected chi connectivity index (χ1v) is 7.31. The lowest BCUT2D eigenvalue weighted by molar-refractivity contribution is 0.701. The summed E-state index contributed by atoms with van der Waals surface area (Å²) in [6.07, 6.45) is 0. The van der Waals surface area contributed by atoms with Gasteiger partial charge in [0.25, 0.3) is 0 Å². The Morgan fingerprint density at radius 2 is 2.00 bits per heavy atom. The van der Waals surface area contributed by atoms with E-state index >= 15 is 0 Å². The normalized spacial score (nSPS) is 10.3. The number of hydrogen-bond acceptors (Lipinski definition) is 3. The van der Waals surface area contributed by atoms with Crippen LogP contribution in [0.2, 0.25) is 4.34 Å². The minimum atomic E-state index is 0.688. The van der Waals surface area contributed by atoms with Gasteiger partial charge in [-0.15, -0.1) is 11.3 Å². The first-order valence-electron chi connectivity index (χ1n) is 5.32. The second-order valence-corrected chi connectivity index (χ2v) is 6.34. The summed E-state index contributed by atoms with van der Waals surface area (Å²) in [5.41, 5.74) is 1.85. The maximum absolute atomic E-state index is 8.70. The summed E-state index contributed by atoms with van der Waals surface area (Å²) < 4.78 is 1.73. The number of rotatable bonds is 4. The van der Waals surface area contributed by atoms with Crippen LogP contribution >= 0.6 is 38.9 Å². The summed E-state index contributed by atoms with van der Waals surface area (Å²) in [7, 11) is 0. The number of thiophene rings is 1. The SMILES string of the molecule is N#Cc1ccc(CNCc2cc(Br)c(Cl)s2)cc1. The molecule has 1 aromatic heterocycles. The molecule has 0 spiro atoms. The lowest BCUT2D eigenvalue weighted by Crippen LogP contribution is -2.11. The van der Waals surface area contributed by atoms with Gasteiger partial charge in [-0.05, 0) is 39.7 Å². The van der Waals surface area contributed by atoms with E-state index in [2.05, 4.69) is 27.3 Å². The lowest BCUT2D eigenvalue weighted by Gasteiger charge is -2.03. The quantitative estimate of drug-likeness (QED) is 0.898. The Bertz CT molecular complexity index is 552. The molecule has 0 fully saturated rings. The molecular formula is C13H10BrClN2S. The highest BCUT2D eigenvalue weighted by Gasteiger charge is 2.03. The second-order valence-electron chi connectivity index (χ2n) is 3.75. The smallest absolute Gasteiger partial charge is 0.107 e. The van der Waals surface area contributed by atoms with Crippen LogP contribution in [0.15, 0.2) is 34.8 Å². The van der Waals surface area contributed by atoms with Gasteiger partial charge >= 0.3 is 0 Å². The molecule has 0 saturated heterocycles. The van der Waals surface area contributed by atoms with E-state index in [1.54, 1.807) is 11.3 Å². The number of nitrogens with one attached hydrogen (secondary N) is 1. The first kappa shape index (κ1) is 13.6. The predicted octanol–water partition coefficient (Wildman–Crippen LogP) is 4.33. The number of nitrogens with zero attached hydrogens (tertiary/aromatic N) is 1. The zero-order chi connectivity index (χ0) is 13.0. The molecular weight excluding hydrogens is 332 g/mol. The Hall–Kier alpha value is -0.860. The molecule has 92 valence electrons. The van der Waals surface area contributed by atoms with Gasteiger partial charge in [-0.1, -0.05) is 23.7 Å². The van der Waals surface area contributed by atoms with Crippen LogP contribution < -0.4 is 5.32 Å². The van der Waals surface area contributed by atoms with Crippen molar-refractivity contribution in [2.75, 3.05) is 0 Å². The van der Waals surface area contributed by atoms with Gasteiger partial charge in [0, 0.05) is 22.4 Å². The third kappa shape index (κ3) is 3.56. The molecule has 2 aromatic rings. The Balaban J connectivity index is 1.86. The summed E-state index contributed by atoms with van der Waals surface area (Å²) >= 11 is 10.9.